The number of carbonyl (C=O) groups is 1. The number of rotatable bonds is 3. The number of ether oxygens (including phenoxy) is 1. The average Bonchev–Trinajstić information content (AvgIpc) is 2.75. The molecule has 1 atom stereocenters. The van der Waals surface area contributed by atoms with Gasteiger partial charge >= 0.3 is 0 Å². The van der Waals surface area contributed by atoms with Crippen molar-refractivity contribution in [3.63, 3.8) is 0 Å². The molecule has 1 aromatic heterocycles. The van der Waals surface area contributed by atoms with E-state index in [1.165, 1.54) is 0 Å². The largest absolute Gasteiger partial charge is 0.381 e. The zero-order chi connectivity index (χ0) is 9.97. The van der Waals surface area contributed by atoms with Crippen molar-refractivity contribution < 1.29 is 9.53 Å². The molecule has 0 bridgehead atoms. The third kappa shape index (κ3) is 1.82. The van der Waals surface area contributed by atoms with Crippen LogP contribution in [0.1, 0.15) is 23.5 Å². The van der Waals surface area contributed by atoms with Crippen LogP contribution in [0.25, 0.3) is 0 Å². The number of hydrogen-bond acceptors (Lipinski definition) is 4. The van der Waals surface area contributed by atoms with Crippen LogP contribution >= 0.6 is 0 Å². The number of hydrogen-bond donors (Lipinski definition) is 0. The van der Waals surface area contributed by atoms with E-state index in [1.807, 2.05) is 0 Å². The van der Waals surface area contributed by atoms with E-state index < -0.39 is 0 Å². The lowest BCUT2D eigenvalue weighted by atomic mass is 10.0. The van der Waals surface area contributed by atoms with Gasteiger partial charge in [0.2, 0.25) is 5.78 Å². The summed E-state index contributed by atoms with van der Waals surface area (Å²) in [6.07, 6.45) is 3.04. The van der Waals surface area contributed by atoms with Crippen LogP contribution in [0.2, 0.25) is 0 Å². The predicted octanol–water partition coefficient (Wildman–Crippen LogP) is 0.424. The van der Waals surface area contributed by atoms with Gasteiger partial charge in [0.1, 0.15) is 6.33 Å². The predicted molar refractivity (Wildman–Crippen MR) is 48.9 cm³/mol. The first-order chi connectivity index (χ1) is 6.77. The highest BCUT2D eigenvalue weighted by Gasteiger charge is 2.22. The van der Waals surface area contributed by atoms with Gasteiger partial charge in [-0.25, -0.2) is 0 Å². The quantitative estimate of drug-likeness (QED) is 0.656. The minimum absolute atomic E-state index is 0.0560. The fourth-order valence-electron chi connectivity index (χ4n) is 1.63. The Bertz CT molecular complexity index is 329. The van der Waals surface area contributed by atoms with Gasteiger partial charge in [-0.05, 0) is 12.3 Å². The van der Waals surface area contributed by atoms with Crippen LogP contribution in [0, 0.1) is 5.92 Å². The highest BCUT2D eigenvalue weighted by molar-refractivity contribution is 5.92. The van der Waals surface area contributed by atoms with Gasteiger partial charge in [-0.1, -0.05) is 0 Å². The van der Waals surface area contributed by atoms with E-state index in [2.05, 4.69) is 10.2 Å². The Morgan fingerprint density at radius 3 is 3.21 bits per heavy atom. The van der Waals surface area contributed by atoms with Gasteiger partial charge in [-0.3, -0.25) is 4.79 Å². The van der Waals surface area contributed by atoms with Crippen LogP contribution in [-0.4, -0.2) is 33.8 Å². The molecule has 14 heavy (non-hydrogen) atoms. The van der Waals surface area contributed by atoms with Crippen LogP contribution in [0.5, 0.6) is 0 Å². The molecule has 0 aromatic carbocycles. The monoisotopic (exact) mass is 195 g/mol. The van der Waals surface area contributed by atoms with E-state index in [0.717, 1.165) is 13.0 Å². The van der Waals surface area contributed by atoms with Gasteiger partial charge < -0.3 is 9.30 Å². The van der Waals surface area contributed by atoms with Crippen molar-refractivity contribution in [1.82, 2.24) is 14.8 Å². The lowest BCUT2D eigenvalue weighted by molar-refractivity contribution is 0.0939. The topological polar surface area (TPSA) is 57.0 Å². The summed E-state index contributed by atoms with van der Waals surface area (Å²) >= 11 is 0. The fraction of sp³-hybridized carbons (Fsp3) is 0.667. The number of ketones is 1. The molecule has 0 saturated carbocycles. The van der Waals surface area contributed by atoms with E-state index in [1.54, 1.807) is 17.9 Å². The van der Waals surface area contributed by atoms with Crippen LogP contribution in [-0.2, 0) is 11.8 Å². The Morgan fingerprint density at radius 2 is 2.64 bits per heavy atom. The van der Waals surface area contributed by atoms with Gasteiger partial charge in [0.05, 0.1) is 0 Å². The molecule has 0 aliphatic carbocycles. The summed E-state index contributed by atoms with van der Waals surface area (Å²) in [4.78, 5) is 11.7. The van der Waals surface area contributed by atoms with E-state index in [-0.39, 0.29) is 5.78 Å². The molecule has 0 amide bonds. The molecule has 2 heterocycles. The smallest absolute Gasteiger partial charge is 0.200 e. The number of carbonyl (C=O) groups excluding carboxylic acids is 1. The van der Waals surface area contributed by atoms with Crippen LogP contribution in [0.4, 0.5) is 0 Å². The molecule has 1 fully saturated rings. The third-order valence-electron chi connectivity index (χ3n) is 2.46. The van der Waals surface area contributed by atoms with Gasteiger partial charge in [0.15, 0.2) is 5.82 Å². The molecule has 0 spiro atoms. The highest BCUT2D eigenvalue weighted by Crippen LogP contribution is 2.17. The van der Waals surface area contributed by atoms with Crippen molar-refractivity contribution in [3.8, 4) is 0 Å². The van der Waals surface area contributed by atoms with E-state index >= 15 is 0 Å². The van der Waals surface area contributed by atoms with Crippen molar-refractivity contribution >= 4 is 5.78 Å². The molecule has 1 unspecified atom stereocenters. The minimum atomic E-state index is 0.0560. The SMILES string of the molecule is Cn1cnnc1C(=O)CC1CCOC1. The molecule has 0 radical (unpaired) electrons. The zero-order valence-electron chi connectivity index (χ0n) is 8.14. The van der Waals surface area contributed by atoms with Crippen molar-refractivity contribution in [2.45, 2.75) is 12.8 Å². The normalized spacial score (nSPS) is 21.4. The maximum atomic E-state index is 11.7. The van der Waals surface area contributed by atoms with E-state index in [4.69, 9.17) is 4.74 Å². The zero-order valence-corrected chi connectivity index (χ0v) is 8.14. The highest BCUT2D eigenvalue weighted by atomic mass is 16.5. The molecule has 1 aliphatic heterocycles. The Labute approximate surface area is 82.1 Å². The van der Waals surface area contributed by atoms with Crippen LogP contribution in [0.3, 0.4) is 0 Å². The molecular formula is C9H13N3O2. The average molecular weight is 195 g/mol. The summed E-state index contributed by atoms with van der Waals surface area (Å²) in [5.41, 5.74) is 0. The number of aromatic nitrogens is 3. The molecule has 76 valence electrons. The Kier molecular flexibility index (Phi) is 2.58. The maximum Gasteiger partial charge on any atom is 0.200 e. The summed E-state index contributed by atoms with van der Waals surface area (Å²) in [6, 6.07) is 0. The molecule has 1 aliphatic rings. The second-order valence-corrected chi connectivity index (χ2v) is 3.62. The van der Waals surface area contributed by atoms with Crippen molar-refractivity contribution in [1.29, 1.82) is 0 Å². The summed E-state index contributed by atoms with van der Waals surface area (Å²) in [5.74, 6) is 0.858. The summed E-state index contributed by atoms with van der Waals surface area (Å²) < 4.78 is 6.86. The van der Waals surface area contributed by atoms with Crippen molar-refractivity contribution in [2.24, 2.45) is 13.0 Å². The lowest BCUT2D eigenvalue weighted by Gasteiger charge is -2.04. The van der Waals surface area contributed by atoms with E-state index in [0.29, 0.717) is 24.8 Å². The van der Waals surface area contributed by atoms with Gasteiger partial charge in [-0.2, -0.15) is 0 Å². The van der Waals surface area contributed by atoms with Gasteiger partial charge in [0.25, 0.3) is 0 Å². The Morgan fingerprint density at radius 1 is 1.79 bits per heavy atom. The van der Waals surface area contributed by atoms with E-state index in [9.17, 15) is 4.79 Å². The standard InChI is InChI=1S/C9H13N3O2/c1-12-6-10-11-9(12)8(13)4-7-2-3-14-5-7/h6-7H,2-5H2,1H3. The fourth-order valence-corrected chi connectivity index (χ4v) is 1.63. The van der Waals surface area contributed by atoms with Crippen molar-refractivity contribution in [3.05, 3.63) is 12.2 Å². The Hall–Kier alpha value is -1.23. The molecule has 1 saturated heterocycles. The third-order valence-corrected chi connectivity index (χ3v) is 2.46. The molecular weight excluding hydrogens is 182 g/mol. The van der Waals surface area contributed by atoms with Gasteiger partial charge in [0, 0.05) is 26.7 Å². The summed E-state index contributed by atoms with van der Waals surface area (Å²) in [7, 11) is 1.78. The number of Topliss-reactive ketones (excluding diaryl/α,β-unsaturated/α-hetero) is 1. The first-order valence-electron chi connectivity index (χ1n) is 4.72. The minimum Gasteiger partial charge on any atom is -0.381 e. The second kappa shape index (κ2) is 3.88. The van der Waals surface area contributed by atoms with Crippen molar-refractivity contribution in [2.75, 3.05) is 13.2 Å². The maximum absolute atomic E-state index is 11.7. The summed E-state index contributed by atoms with van der Waals surface area (Å²) in [5, 5.41) is 7.46. The molecule has 1 aromatic rings. The molecule has 0 N–H and O–H groups in total. The Balaban J connectivity index is 1.98. The van der Waals surface area contributed by atoms with Crippen LogP contribution < -0.4 is 0 Å². The second-order valence-electron chi connectivity index (χ2n) is 3.62. The molecule has 5 nitrogen and oxygen atoms in total. The molecule has 5 heteroatoms. The number of aryl methyl sites for hydroxylation is 1. The van der Waals surface area contributed by atoms with Gasteiger partial charge in [-0.15, -0.1) is 10.2 Å². The lowest BCUT2D eigenvalue weighted by Crippen LogP contribution is -2.13. The molecule has 2 rings (SSSR count). The number of nitrogens with zero attached hydrogens (tertiary/aromatic N) is 3. The first-order valence-corrected chi connectivity index (χ1v) is 4.72. The van der Waals surface area contributed by atoms with Crippen LogP contribution in [0.15, 0.2) is 6.33 Å². The summed E-state index contributed by atoms with van der Waals surface area (Å²) in [6.45, 7) is 1.47. The first kappa shape index (κ1) is 9.33.